The number of rotatable bonds is 11. The van der Waals surface area contributed by atoms with Crippen molar-refractivity contribution in [3.05, 3.63) is 30.3 Å². The van der Waals surface area contributed by atoms with Crippen LogP contribution in [-0.4, -0.2) is 17.3 Å². The van der Waals surface area contributed by atoms with E-state index >= 15 is 0 Å². The highest BCUT2D eigenvalue weighted by Crippen LogP contribution is 2.08. The number of nitrogens with one attached hydrogen (secondary N) is 1. The van der Waals surface area contributed by atoms with Crippen LogP contribution in [0.1, 0.15) is 51.4 Å². The minimum atomic E-state index is -0.688. The molecule has 2 N–H and O–H groups in total. The molecule has 1 rings (SSSR count). The molecule has 1 aromatic carbocycles. The summed E-state index contributed by atoms with van der Waals surface area (Å²) < 4.78 is 0. The second-order valence-electron chi connectivity index (χ2n) is 4.84. The van der Waals surface area contributed by atoms with Crippen molar-refractivity contribution in [2.45, 2.75) is 51.4 Å². The Labute approximate surface area is 120 Å². The molecule has 4 heteroatoms. The van der Waals surface area contributed by atoms with Gasteiger partial charge in [-0.05, 0) is 31.4 Å². The molecule has 20 heavy (non-hydrogen) atoms. The highest BCUT2D eigenvalue weighted by molar-refractivity contribution is 5.66. The number of hydrazone groups is 1. The largest absolute Gasteiger partial charge is 0.481 e. The first kappa shape index (κ1) is 16.2. The molecular formula is C16H24N2O2. The van der Waals surface area contributed by atoms with E-state index in [2.05, 4.69) is 10.5 Å². The predicted molar refractivity (Wildman–Crippen MR) is 83.1 cm³/mol. The van der Waals surface area contributed by atoms with Gasteiger partial charge >= 0.3 is 5.97 Å². The summed E-state index contributed by atoms with van der Waals surface area (Å²) in [5.41, 5.74) is 3.99. The van der Waals surface area contributed by atoms with Crippen LogP contribution in [0.2, 0.25) is 0 Å². The lowest BCUT2D eigenvalue weighted by atomic mass is 10.1. The minimum absolute atomic E-state index is 0.303. The molecule has 110 valence electrons. The van der Waals surface area contributed by atoms with Crippen molar-refractivity contribution in [2.24, 2.45) is 5.10 Å². The van der Waals surface area contributed by atoms with Gasteiger partial charge < -0.3 is 5.11 Å². The molecule has 0 aliphatic heterocycles. The monoisotopic (exact) mass is 276 g/mol. The summed E-state index contributed by atoms with van der Waals surface area (Å²) in [6, 6.07) is 9.89. The van der Waals surface area contributed by atoms with Crippen LogP contribution in [0.4, 0.5) is 5.69 Å². The Bertz CT molecular complexity index is 391. The first-order valence-corrected chi connectivity index (χ1v) is 7.33. The van der Waals surface area contributed by atoms with Gasteiger partial charge in [-0.3, -0.25) is 10.2 Å². The molecular weight excluding hydrogens is 252 g/mol. The van der Waals surface area contributed by atoms with E-state index in [1.54, 1.807) is 0 Å². The molecule has 4 nitrogen and oxygen atoms in total. The SMILES string of the molecule is O=C(O)CCCCCCCCC=NNc1ccccc1. The van der Waals surface area contributed by atoms with Crippen LogP contribution in [0.25, 0.3) is 0 Å². The first-order valence-electron chi connectivity index (χ1n) is 7.33. The molecule has 0 spiro atoms. The average Bonchev–Trinajstić information content (AvgIpc) is 2.45. The zero-order chi connectivity index (χ0) is 14.5. The molecule has 0 bridgehead atoms. The molecule has 0 saturated heterocycles. The van der Waals surface area contributed by atoms with E-state index in [9.17, 15) is 4.79 Å². The van der Waals surface area contributed by atoms with E-state index in [1.807, 2.05) is 36.5 Å². The van der Waals surface area contributed by atoms with Crippen molar-refractivity contribution in [1.29, 1.82) is 0 Å². The number of carboxylic acid groups (broad SMARTS) is 1. The molecule has 0 fully saturated rings. The van der Waals surface area contributed by atoms with Crippen molar-refractivity contribution in [3.8, 4) is 0 Å². The van der Waals surface area contributed by atoms with Crippen molar-refractivity contribution >= 4 is 17.9 Å². The zero-order valence-electron chi connectivity index (χ0n) is 11.9. The lowest BCUT2D eigenvalue weighted by Gasteiger charge is -2.00. The van der Waals surface area contributed by atoms with Crippen LogP contribution >= 0.6 is 0 Å². The van der Waals surface area contributed by atoms with Gasteiger partial charge in [0.2, 0.25) is 0 Å². The molecule has 0 saturated carbocycles. The fraction of sp³-hybridized carbons (Fsp3) is 0.500. The minimum Gasteiger partial charge on any atom is -0.481 e. The van der Waals surface area contributed by atoms with Crippen molar-refractivity contribution in [2.75, 3.05) is 5.43 Å². The van der Waals surface area contributed by atoms with Gasteiger partial charge in [-0.25, -0.2) is 0 Å². The number of hydrogen-bond donors (Lipinski definition) is 2. The summed E-state index contributed by atoms with van der Waals surface area (Å²) >= 11 is 0. The predicted octanol–water partition coefficient (Wildman–Crippen LogP) is 4.29. The summed E-state index contributed by atoms with van der Waals surface area (Å²) in [7, 11) is 0. The summed E-state index contributed by atoms with van der Waals surface area (Å²) in [6.45, 7) is 0. The Hall–Kier alpha value is -1.84. The normalized spacial score (nSPS) is 10.8. The number of unbranched alkanes of at least 4 members (excludes halogenated alkanes) is 6. The molecule has 0 atom stereocenters. The fourth-order valence-electron chi connectivity index (χ4n) is 1.92. The summed E-state index contributed by atoms with van der Waals surface area (Å²) in [6.07, 6.45) is 9.66. The molecule has 0 aliphatic rings. The second-order valence-corrected chi connectivity index (χ2v) is 4.84. The summed E-state index contributed by atoms with van der Waals surface area (Å²) in [5.74, 6) is -0.688. The number of para-hydroxylation sites is 1. The molecule has 0 aromatic heterocycles. The van der Waals surface area contributed by atoms with E-state index in [0.717, 1.165) is 37.8 Å². The van der Waals surface area contributed by atoms with Gasteiger partial charge in [0.05, 0.1) is 5.69 Å². The number of nitrogens with zero attached hydrogens (tertiary/aromatic N) is 1. The quantitative estimate of drug-likeness (QED) is 0.360. The van der Waals surface area contributed by atoms with Gasteiger partial charge in [-0.1, -0.05) is 43.9 Å². The molecule has 0 radical (unpaired) electrons. The van der Waals surface area contributed by atoms with E-state index in [4.69, 9.17) is 5.11 Å². The zero-order valence-corrected chi connectivity index (χ0v) is 11.9. The molecule has 0 heterocycles. The molecule has 0 amide bonds. The highest BCUT2D eigenvalue weighted by Gasteiger charge is 1.96. The number of benzene rings is 1. The van der Waals surface area contributed by atoms with E-state index in [1.165, 1.54) is 12.8 Å². The Kier molecular flexibility index (Phi) is 8.94. The van der Waals surface area contributed by atoms with Gasteiger partial charge in [0.1, 0.15) is 0 Å². The van der Waals surface area contributed by atoms with Gasteiger partial charge in [0.25, 0.3) is 0 Å². The van der Waals surface area contributed by atoms with Crippen LogP contribution in [0.15, 0.2) is 35.4 Å². The number of anilines is 1. The van der Waals surface area contributed by atoms with Gasteiger partial charge in [-0.2, -0.15) is 5.10 Å². The molecule has 0 aliphatic carbocycles. The van der Waals surface area contributed by atoms with E-state index in [-0.39, 0.29) is 0 Å². The van der Waals surface area contributed by atoms with E-state index < -0.39 is 5.97 Å². The van der Waals surface area contributed by atoms with Gasteiger partial charge in [0, 0.05) is 12.6 Å². The highest BCUT2D eigenvalue weighted by atomic mass is 16.4. The lowest BCUT2D eigenvalue weighted by Crippen LogP contribution is -1.93. The number of aliphatic carboxylic acids is 1. The summed E-state index contributed by atoms with van der Waals surface area (Å²) in [5, 5.41) is 12.7. The number of carbonyl (C=O) groups is 1. The van der Waals surface area contributed by atoms with Crippen LogP contribution in [0.3, 0.4) is 0 Å². The van der Waals surface area contributed by atoms with Gasteiger partial charge in [0.15, 0.2) is 0 Å². The summed E-state index contributed by atoms with van der Waals surface area (Å²) in [4.78, 5) is 10.3. The van der Waals surface area contributed by atoms with Crippen molar-refractivity contribution in [1.82, 2.24) is 0 Å². The van der Waals surface area contributed by atoms with E-state index in [0.29, 0.717) is 6.42 Å². The first-order chi connectivity index (χ1) is 9.79. The fourth-order valence-corrected chi connectivity index (χ4v) is 1.92. The third-order valence-electron chi connectivity index (χ3n) is 3.03. The molecule has 0 unspecified atom stereocenters. The van der Waals surface area contributed by atoms with Crippen LogP contribution < -0.4 is 5.43 Å². The molecule has 1 aromatic rings. The van der Waals surface area contributed by atoms with Crippen molar-refractivity contribution in [3.63, 3.8) is 0 Å². The standard InChI is InChI=1S/C16H24N2O2/c19-16(20)13-9-4-2-1-3-5-10-14-17-18-15-11-7-6-8-12-15/h6-8,11-12,14,18H,1-5,9-10,13H2,(H,19,20). The Morgan fingerprint density at radius 3 is 2.40 bits per heavy atom. The number of carboxylic acids is 1. The third-order valence-corrected chi connectivity index (χ3v) is 3.03. The Morgan fingerprint density at radius 1 is 1.05 bits per heavy atom. The maximum Gasteiger partial charge on any atom is 0.303 e. The third kappa shape index (κ3) is 9.14. The Balaban J connectivity index is 1.88. The lowest BCUT2D eigenvalue weighted by molar-refractivity contribution is -0.137. The van der Waals surface area contributed by atoms with Crippen LogP contribution in [0, 0.1) is 0 Å². The smallest absolute Gasteiger partial charge is 0.303 e. The maximum atomic E-state index is 10.3. The van der Waals surface area contributed by atoms with Crippen LogP contribution in [0.5, 0.6) is 0 Å². The topological polar surface area (TPSA) is 61.7 Å². The number of hydrogen-bond acceptors (Lipinski definition) is 3. The van der Waals surface area contributed by atoms with Crippen LogP contribution in [-0.2, 0) is 4.79 Å². The second kappa shape index (κ2) is 11.0. The van der Waals surface area contributed by atoms with Gasteiger partial charge in [-0.15, -0.1) is 0 Å². The maximum absolute atomic E-state index is 10.3. The average molecular weight is 276 g/mol. The Morgan fingerprint density at radius 2 is 1.70 bits per heavy atom. The van der Waals surface area contributed by atoms with Crippen molar-refractivity contribution < 1.29 is 9.90 Å².